The van der Waals surface area contributed by atoms with Gasteiger partial charge in [0.1, 0.15) is 5.75 Å². The number of rotatable bonds is 28. The van der Waals surface area contributed by atoms with E-state index >= 15 is 0 Å². The summed E-state index contributed by atoms with van der Waals surface area (Å²) in [6, 6.07) is 17.5. The number of hydrogen-bond donors (Lipinski definition) is 0. The van der Waals surface area contributed by atoms with Crippen LogP contribution in [-0.4, -0.2) is 13.2 Å². The summed E-state index contributed by atoms with van der Waals surface area (Å²) in [6.45, 7) is 8.43. The normalized spacial score (nSPS) is 12.1. The van der Waals surface area contributed by atoms with Crippen molar-refractivity contribution in [1.82, 2.24) is 0 Å². The van der Waals surface area contributed by atoms with Gasteiger partial charge in [0.05, 0.1) is 12.7 Å². The third-order valence-electron chi connectivity index (χ3n) is 8.70. The van der Waals surface area contributed by atoms with Crippen molar-refractivity contribution in [2.45, 2.75) is 168 Å². The standard InChI is InChI=1S/C40H66O2/c1-4-6-8-10-12-14-15-16-17-19-21-23-25-35-42-40-32-30-39(31-33-40)38-28-26-37(27-29-38)36(3)41-34-24-22-20-18-13-11-9-7-5-2/h26-33,36H,4-25,34-35H2,1-3H3. The Morgan fingerprint density at radius 2 is 0.786 bits per heavy atom. The fraction of sp³-hybridized carbons (Fsp3) is 0.700. The van der Waals surface area contributed by atoms with Crippen molar-refractivity contribution in [1.29, 1.82) is 0 Å². The molecule has 0 heterocycles. The van der Waals surface area contributed by atoms with Crippen molar-refractivity contribution in [2.75, 3.05) is 13.2 Å². The van der Waals surface area contributed by atoms with Crippen molar-refractivity contribution in [2.24, 2.45) is 0 Å². The fourth-order valence-electron chi connectivity index (χ4n) is 5.77. The van der Waals surface area contributed by atoms with E-state index in [1.165, 1.54) is 152 Å². The minimum absolute atomic E-state index is 0.147. The van der Waals surface area contributed by atoms with Crippen LogP contribution in [0.15, 0.2) is 48.5 Å². The highest BCUT2D eigenvalue weighted by molar-refractivity contribution is 5.64. The Kier molecular flexibility index (Phi) is 22.2. The molecule has 0 saturated heterocycles. The van der Waals surface area contributed by atoms with Crippen molar-refractivity contribution < 1.29 is 9.47 Å². The molecule has 0 bridgehead atoms. The van der Waals surface area contributed by atoms with Crippen LogP contribution < -0.4 is 4.74 Å². The maximum atomic E-state index is 6.13. The van der Waals surface area contributed by atoms with Gasteiger partial charge in [-0.1, -0.05) is 179 Å². The molecule has 0 aliphatic carbocycles. The molecule has 0 fully saturated rings. The lowest BCUT2D eigenvalue weighted by molar-refractivity contribution is 0.0627. The number of ether oxygens (including phenoxy) is 2. The molecule has 2 aromatic carbocycles. The Bertz CT molecular complexity index is 841. The van der Waals surface area contributed by atoms with E-state index < -0.39 is 0 Å². The summed E-state index contributed by atoms with van der Waals surface area (Å²) < 4.78 is 12.2. The van der Waals surface area contributed by atoms with E-state index in [0.717, 1.165) is 25.4 Å². The molecule has 0 radical (unpaired) electrons. The van der Waals surface area contributed by atoms with Crippen molar-refractivity contribution >= 4 is 0 Å². The average molecular weight is 579 g/mol. The third-order valence-corrected chi connectivity index (χ3v) is 8.70. The lowest BCUT2D eigenvalue weighted by atomic mass is 10.0. The van der Waals surface area contributed by atoms with Gasteiger partial charge in [-0.25, -0.2) is 0 Å². The van der Waals surface area contributed by atoms with E-state index in [-0.39, 0.29) is 6.10 Å². The molecule has 2 rings (SSSR count). The van der Waals surface area contributed by atoms with Gasteiger partial charge >= 0.3 is 0 Å². The van der Waals surface area contributed by atoms with Gasteiger partial charge in [-0.2, -0.15) is 0 Å². The van der Waals surface area contributed by atoms with Gasteiger partial charge in [0.25, 0.3) is 0 Å². The Labute approximate surface area is 261 Å². The molecule has 0 aliphatic rings. The Morgan fingerprint density at radius 3 is 1.21 bits per heavy atom. The minimum atomic E-state index is 0.147. The van der Waals surface area contributed by atoms with Crippen molar-refractivity contribution in [3.8, 4) is 16.9 Å². The molecule has 2 aromatic rings. The molecular formula is C40H66O2. The second kappa shape index (κ2) is 25.7. The maximum absolute atomic E-state index is 6.13. The van der Waals surface area contributed by atoms with E-state index in [1.807, 2.05) is 0 Å². The second-order valence-electron chi connectivity index (χ2n) is 12.6. The van der Waals surface area contributed by atoms with Crippen LogP contribution in [0.5, 0.6) is 5.75 Å². The summed E-state index contributed by atoms with van der Waals surface area (Å²) in [7, 11) is 0. The fourth-order valence-corrected chi connectivity index (χ4v) is 5.77. The Morgan fingerprint density at radius 1 is 0.429 bits per heavy atom. The van der Waals surface area contributed by atoms with Crippen molar-refractivity contribution in [3.63, 3.8) is 0 Å². The van der Waals surface area contributed by atoms with E-state index in [0.29, 0.717) is 0 Å². The summed E-state index contributed by atoms with van der Waals surface area (Å²) in [5, 5.41) is 0. The highest BCUT2D eigenvalue weighted by Gasteiger charge is 2.07. The molecule has 1 atom stereocenters. The smallest absolute Gasteiger partial charge is 0.119 e. The van der Waals surface area contributed by atoms with Crippen LogP contribution in [0.2, 0.25) is 0 Å². The first-order chi connectivity index (χ1) is 20.7. The number of benzene rings is 2. The average Bonchev–Trinajstić information content (AvgIpc) is 3.02. The molecule has 2 heteroatoms. The highest BCUT2D eigenvalue weighted by Crippen LogP contribution is 2.26. The molecule has 0 aliphatic heterocycles. The lowest BCUT2D eigenvalue weighted by Gasteiger charge is -2.14. The van der Waals surface area contributed by atoms with Gasteiger partial charge < -0.3 is 9.47 Å². The molecule has 0 spiro atoms. The monoisotopic (exact) mass is 579 g/mol. The van der Waals surface area contributed by atoms with Crippen molar-refractivity contribution in [3.05, 3.63) is 54.1 Å². The van der Waals surface area contributed by atoms with Gasteiger partial charge in [0.2, 0.25) is 0 Å². The molecule has 0 aromatic heterocycles. The van der Waals surface area contributed by atoms with E-state index in [9.17, 15) is 0 Å². The summed E-state index contributed by atoms with van der Waals surface area (Å²) in [6.07, 6.45) is 30.2. The largest absolute Gasteiger partial charge is 0.494 e. The SMILES string of the molecule is CCCCCCCCCCCCCCCOc1ccc(-c2ccc(C(C)OCCCCCCCCCCC)cc2)cc1. The summed E-state index contributed by atoms with van der Waals surface area (Å²) in [5.41, 5.74) is 3.73. The zero-order valence-corrected chi connectivity index (χ0v) is 28.0. The first-order valence-corrected chi connectivity index (χ1v) is 18.2. The van der Waals surface area contributed by atoms with Crippen LogP contribution >= 0.6 is 0 Å². The molecule has 1 unspecified atom stereocenters. The predicted octanol–water partition coefficient (Wildman–Crippen LogP) is 13.4. The van der Waals surface area contributed by atoms with Crippen LogP contribution in [0.25, 0.3) is 11.1 Å². The van der Waals surface area contributed by atoms with Gasteiger partial charge in [-0.15, -0.1) is 0 Å². The summed E-state index contributed by atoms with van der Waals surface area (Å²) in [4.78, 5) is 0. The minimum Gasteiger partial charge on any atom is -0.494 e. The number of unbranched alkanes of at least 4 members (excludes halogenated alkanes) is 20. The summed E-state index contributed by atoms with van der Waals surface area (Å²) in [5.74, 6) is 0.979. The molecule has 42 heavy (non-hydrogen) atoms. The van der Waals surface area contributed by atoms with Gasteiger partial charge in [-0.3, -0.25) is 0 Å². The highest BCUT2D eigenvalue weighted by atomic mass is 16.5. The third kappa shape index (κ3) is 18.0. The molecule has 0 N–H and O–H groups in total. The zero-order chi connectivity index (χ0) is 29.9. The van der Waals surface area contributed by atoms with Crippen LogP contribution in [0.3, 0.4) is 0 Å². The molecule has 0 saturated carbocycles. The predicted molar refractivity (Wildman–Crippen MR) is 185 cm³/mol. The summed E-state index contributed by atoms with van der Waals surface area (Å²) >= 11 is 0. The van der Waals surface area contributed by atoms with Gasteiger partial charge in [0, 0.05) is 6.61 Å². The van der Waals surface area contributed by atoms with E-state index in [2.05, 4.69) is 69.3 Å². The first-order valence-electron chi connectivity index (χ1n) is 18.2. The zero-order valence-electron chi connectivity index (χ0n) is 28.0. The first kappa shape index (κ1) is 36.4. The Balaban J connectivity index is 1.50. The number of hydrogen-bond acceptors (Lipinski definition) is 2. The van der Waals surface area contributed by atoms with Gasteiger partial charge in [0.15, 0.2) is 0 Å². The molecule has 238 valence electrons. The second-order valence-corrected chi connectivity index (χ2v) is 12.6. The van der Waals surface area contributed by atoms with Crippen LogP contribution in [0.1, 0.15) is 174 Å². The van der Waals surface area contributed by atoms with Crippen LogP contribution in [0, 0.1) is 0 Å². The lowest BCUT2D eigenvalue weighted by Crippen LogP contribution is -2.01. The quantitative estimate of drug-likeness (QED) is 0.0935. The molecule has 2 nitrogen and oxygen atoms in total. The van der Waals surface area contributed by atoms with Crippen LogP contribution in [0.4, 0.5) is 0 Å². The topological polar surface area (TPSA) is 18.5 Å². The maximum Gasteiger partial charge on any atom is 0.119 e. The van der Waals surface area contributed by atoms with E-state index in [4.69, 9.17) is 9.47 Å². The van der Waals surface area contributed by atoms with Gasteiger partial charge in [-0.05, 0) is 48.6 Å². The Hall–Kier alpha value is -1.80. The van der Waals surface area contributed by atoms with Crippen LogP contribution in [-0.2, 0) is 4.74 Å². The molecule has 0 amide bonds. The molecular weight excluding hydrogens is 512 g/mol. The van der Waals surface area contributed by atoms with E-state index in [1.54, 1.807) is 0 Å².